The van der Waals surface area contributed by atoms with Crippen LogP contribution in [0.4, 0.5) is 4.39 Å². The fourth-order valence-electron chi connectivity index (χ4n) is 3.39. The smallest absolute Gasteiger partial charge is 0.276 e. The van der Waals surface area contributed by atoms with Crippen molar-refractivity contribution in [1.82, 2.24) is 19.7 Å². The van der Waals surface area contributed by atoms with Crippen LogP contribution in [0.5, 0.6) is 0 Å². The van der Waals surface area contributed by atoms with Crippen LogP contribution in [0, 0.1) is 12.7 Å². The number of pyridine rings is 1. The van der Waals surface area contributed by atoms with Gasteiger partial charge in [-0.2, -0.15) is 5.10 Å². The molecule has 1 amide bonds. The number of rotatable bonds is 6. The first kappa shape index (κ1) is 21.9. The van der Waals surface area contributed by atoms with Crippen LogP contribution in [0.1, 0.15) is 27.3 Å². The highest BCUT2D eigenvalue weighted by molar-refractivity contribution is 5.92. The van der Waals surface area contributed by atoms with Gasteiger partial charge in [0.15, 0.2) is 5.69 Å². The Labute approximate surface area is 188 Å². The molecule has 1 N–H and O–H groups in total. The number of carbonyl (C=O) groups is 1. The minimum absolute atomic E-state index is 0.0829. The summed E-state index contributed by atoms with van der Waals surface area (Å²) in [6.45, 7) is 2.24. The van der Waals surface area contributed by atoms with E-state index < -0.39 is 17.2 Å². The SMILES string of the molecule is Cc1cc(=O)c(C(=O)NCc2ccc(Cn3ccccc3=O)cc2)nn1-c1ccccc1F. The number of benzene rings is 2. The lowest BCUT2D eigenvalue weighted by atomic mass is 10.1. The van der Waals surface area contributed by atoms with Gasteiger partial charge in [-0.25, -0.2) is 9.07 Å². The number of halogens is 1. The van der Waals surface area contributed by atoms with Crippen LogP contribution in [-0.2, 0) is 13.1 Å². The Bertz CT molecular complexity index is 1420. The first-order valence-corrected chi connectivity index (χ1v) is 10.3. The van der Waals surface area contributed by atoms with E-state index in [1.807, 2.05) is 24.3 Å². The maximum atomic E-state index is 14.2. The molecule has 166 valence electrons. The van der Waals surface area contributed by atoms with Gasteiger partial charge in [-0.05, 0) is 36.2 Å². The third-order valence-electron chi connectivity index (χ3n) is 5.13. The highest BCUT2D eigenvalue weighted by Gasteiger charge is 2.16. The van der Waals surface area contributed by atoms with E-state index >= 15 is 0 Å². The largest absolute Gasteiger partial charge is 0.346 e. The lowest BCUT2D eigenvalue weighted by Gasteiger charge is -2.12. The highest BCUT2D eigenvalue weighted by Crippen LogP contribution is 2.13. The molecule has 2 aromatic carbocycles. The van der Waals surface area contributed by atoms with E-state index in [0.717, 1.165) is 11.1 Å². The number of nitrogens with one attached hydrogen (secondary N) is 1. The van der Waals surface area contributed by atoms with Crippen molar-refractivity contribution >= 4 is 5.91 Å². The van der Waals surface area contributed by atoms with Gasteiger partial charge in [0.05, 0.1) is 6.54 Å². The van der Waals surface area contributed by atoms with Gasteiger partial charge in [-0.1, -0.05) is 42.5 Å². The quantitative estimate of drug-likeness (QED) is 0.496. The minimum Gasteiger partial charge on any atom is -0.346 e. The summed E-state index contributed by atoms with van der Waals surface area (Å²) >= 11 is 0. The van der Waals surface area contributed by atoms with E-state index in [1.165, 1.54) is 28.9 Å². The van der Waals surface area contributed by atoms with Crippen molar-refractivity contribution in [3.63, 3.8) is 0 Å². The van der Waals surface area contributed by atoms with E-state index in [0.29, 0.717) is 12.2 Å². The maximum Gasteiger partial charge on any atom is 0.276 e. The summed E-state index contributed by atoms with van der Waals surface area (Å²) in [5, 5.41) is 6.79. The number of nitrogens with zero attached hydrogens (tertiary/aromatic N) is 3. The topological polar surface area (TPSA) is 86.0 Å². The van der Waals surface area contributed by atoms with Gasteiger partial charge in [0.1, 0.15) is 11.5 Å². The number of aryl methyl sites for hydroxylation is 1. The predicted octanol–water partition coefficient (Wildman–Crippen LogP) is 2.82. The second-order valence-electron chi connectivity index (χ2n) is 7.53. The van der Waals surface area contributed by atoms with Gasteiger partial charge in [-0.3, -0.25) is 14.4 Å². The van der Waals surface area contributed by atoms with Crippen molar-refractivity contribution in [3.05, 3.63) is 128 Å². The molecule has 4 rings (SSSR count). The fourth-order valence-corrected chi connectivity index (χ4v) is 3.39. The van der Waals surface area contributed by atoms with E-state index in [9.17, 15) is 18.8 Å². The summed E-state index contributed by atoms with van der Waals surface area (Å²) in [4.78, 5) is 36.8. The van der Waals surface area contributed by atoms with Crippen LogP contribution in [0.15, 0.2) is 88.6 Å². The Balaban J connectivity index is 1.47. The van der Waals surface area contributed by atoms with Crippen LogP contribution in [-0.4, -0.2) is 20.3 Å². The monoisotopic (exact) mass is 444 g/mol. The number of amides is 1. The van der Waals surface area contributed by atoms with Gasteiger partial charge in [0, 0.05) is 30.6 Å². The Hall–Kier alpha value is -4.33. The molecule has 2 heterocycles. The molecule has 0 radical (unpaired) electrons. The zero-order valence-electron chi connectivity index (χ0n) is 17.9. The molecule has 0 aliphatic carbocycles. The standard InChI is InChI=1S/C25H21FN4O3/c1-17-14-22(31)24(28-30(17)21-7-3-2-6-20(21)26)25(33)27-15-18-9-11-19(12-10-18)16-29-13-5-4-8-23(29)32/h2-14H,15-16H2,1H3,(H,27,33). The van der Waals surface area contributed by atoms with Gasteiger partial charge >= 0.3 is 0 Å². The van der Waals surface area contributed by atoms with Crippen LogP contribution >= 0.6 is 0 Å². The Morgan fingerprint density at radius 2 is 1.67 bits per heavy atom. The summed E-state index contributed by atoms with van der Waals surface area (Å²) in [6, 6.07) is 19.7. The predicted molar refractivity (Wildman–Crippen MR) is 122 cm³/mol. The summed E-state index contributed by atoms with van der Waals surface area (Å²) < 4.78 is 17.0. The summed E-state index contributed by atoms with van der Waals surface area (Å²) in [7, 11) is 0. The molecule has 0 fully saturated rings. The molecule has 0 bridgehead atoms. The molecule has 33 heavy (non-hydrogen) atoms. The minimum atomic E-state index is -0.648. The van der Waals surface area contributed by atoms with E-state index in [2.05, 4.69) is 10.4 Å². The molecule has 0 atom stereocenters. The second kappa shape index (κ2) is 9.44. The first-order valence-electron chi connectivity index (χ1n) is 10.3. The highest BCUT2D eigenvalue weighted by atomic mass is 19.1. The van der Waals surface area contributed by atoms with Crippen molar-refractivity contribution in [2.75, 3.05) is 0 Å². The molecule has 0 saturated heterocycles. The van der Waals surface area contributed by atoms with Gasteiger partial charge in [0.2, 0.25) is 5.43 Å². The number of hydrogen-bond acceptors (Lipinski definition) is 4. The average molecular weight is 444 g/mol. The van der Waals surface area contributed by atoms with E-state index in [1.54, 1.807) is 42.0 Å². The summed E-state index contributed by atoms with van der Waals surface area (Å²) in [5.74, 6) is -1.16. The van der Waals surface area contributed by atoms with Crippen LogP contribution in [0.2, 0.25) is 0 Å². The maximum absolute atomic E-state index is 14.2. The van der Waals surface area contributed by atoms with Crippen molar-refractivity contribution in [1.29, 1.82) is 0 Å². The summed E-state index contributed by atoms with van der Waals surface area (Å²) in [5.41, 5.74) is 1.37. The molecule has 7 nitrogen and oxygen atoms in total. The number of aromatic nitrogens is 3. The molecule has 0 spiro atoms. The molecular weight excluding hydrogens is 423 g/mol. The van der Waals surface area contributed by atoms with Gasteiger partial charge in [0.25, 0.3) is 11.5 Å². The molecule has 0 saturated carbocycles. The van der Waals surface area contributed by atoms with Crippen LogP contribution < -0.4 is 16.3 Å². The molecule has 2 aromatic heterocycles. The number of para-hydroxylation sites is 1. The van der Waals surface area contributed by atoms with Crippen LogP contribution in [0.25, 0.3) is 5.69 Å². The molecule has 0 unspecified atom stereocenters. The molecule has 0 aliphatic heterocycles. The zero-order chi connectivity index (χ0) is 23.4. The first-order chi connectivity index (χ1) is 15.9. The lowest BCUT2D eigenvalue weighted by molar-refractivity contribution is 0.0943. The van der Waals surface area contributed by atoms with Crippen molar-refractivity contribution in [3.8, 4) is 5.69 Å². The van der Waals surface area contributed by atoms with Crippen molar-refractivity contribution in [2.24, 2.45) is 0 Å². The molecular formula is C25H21FN4O3. The average Bonchev–Trinajstić information content (AvgIpc) is 2.81. The van der Waals surface area contributed by atoms with E-state index in [4.69, 9.17) is 0 Å². The Morgan fingerprint density at radius 3 is 2.39 bits per heavy atom. The second-order valence-corrected chi connectivity index (χ2v) is 7.53. The Kier molecular flexibility index (Phi) is 6.26. The van der Waals surface area contributed by atoms with Crippen molar-refractivity contribution < 1.29 is 9.18 Å². The third kappa shape index (κ3) is 4.95. The number of hydrogen-bond donors (Lipinski definition) is 1. The van der Waals surface area contributed by atoms with Gasteiger partial charge < -0.3 is 9.88 Å². The molecule has 4 aromatic rings. The Morgan fingerprint density at radius 1 is 0.970 bits per heavy atom. The zero-order valence-corrected chi connectivity index (χ0v) is 17.9. The van der Waals surface area contributed by atoms with E-state index in [-0.39, 0.29) is 23.5 Å². The lowest BCUT2D eigenvalue weighted by Crippen LogP contribution is -2.31. The summed E-state index contributed by atoms with van der Waals surface area (Å²) in [6.07, 6.45) is 1.72. The molecule has 8 heteroatoms. The van der Waals surface area contributed by atoms with Crippen molar-refractivity contribution in [2.45, 2.75) is 20.0 Å². The fraction of sp³-hybridized carbons (Fsp3) is 0.120. The molecule has 0 aliphatic rings. The normalized spacial score (nSPS) is 10.7. The van der Waals surface area contributed by atoms with Gasteiger partial charge in [-0.15, -0.1) is 0 Å². The number of carbonyl (C=O) groups excluding carboxylic acids is 1. The van der Waals surface area contributed by atoms with Crippen LogP contribution in [0.3, 0.4) is 0 Å². The third-order valence-corrected chi connectivity index (χ3v) is 5.13.